The van der Waals surface area contributed by atoms with E-state index in [0.29, 0.717) is 5.91 Å². The third-order valence-electron chi connectivity index (χ3n) is 5.86. The predicted octanol–water partition coefficient (Wildman–Crippen LogP) is 4.21. The number of pyridine rings is 1. The van der Waals surface area contributed by atoms with Crippen LogP contribution in [0.3, 0.4) is 0 Å². The number of piperidine rings is 1. The third-order valence-corrected chi connectivity index (χ3v) is 5.86. The van der Waals surface area contributed by atoms with Crippen LogP contribution in [-0.2, 0) is 9.59 Å². The second-order valence-electron chi connectivity index (χ2n) is 7.96. The van der Waals surface area contributed by atoms with Crippen molar-refractivity contribution < 1.29 is 9.59 Å². The molecule has 2 amide bonds. The smallest absolute Gasteiger partial charge is 0.225 e. The van der Waals surface area contributed by atoms with Gasteiger partial charge in [0.2, 0.25) is 11.8 Å². The van der Waals surface area contributed by atoms with E-state index < -0.39 is 0 Å². The molecule has 0 radical (unpaired) electrons. The molecule has 1 N–H and O–H groups in total. The normalized spacial score (nSPS) is 19.8. The van der Waals surface area contributed by atoms with Crippen LogP contribution in [-0.4, -0.2) is 34.8 Å². The van der Waals surface area contributed by atoms with E-state index in [1.165, 1.54) is 13.3 Å². The van der Waals surface area contributed by atoms with Gasteiger partial charge in [-0.3, -0.25) is 14.6 Å². The molecule has 5 nitrogen and oxygen atoms in total. The molecule has 0 bridgehead atoms. The molecule has 4 rings (SSSR count). The largest absolute Gasteiger partial charge is 0.342 e. The van der Waals surface area contributed by atoms with Crippen molar-refractivity contribution in [1.82, 2.24) is 9.88 Å². The molecule has 0 unspecified atom stereocenters. The van der Waals surface area contributed by atoms with Gasteiger partial charge in [-0.15, -0.1) is 0 Å². The van der Waals surface area contributed by atoms with Crippen LogP contribution in [0.4, 0.5) is 5.69 Å². The van der Waals surface area contributed by atoms with Crippen LogP contribution < -0.4 is 5.32 Å². The lowest BCUT2D eigenvalue weighted by Crippen LogP contribution is -2.44. The first kappa shape index (κ1) is 18.7. The minimum Gasteiger partial charge on any atom is -0.342 e. The molecule has 1 aromatic heterocycles. The number of carbonyl (C=O) groups excluding carboxylic acids is 2. The maximum Gasteiger partial charge on any atom is 0.225 e. The van der Waals surface area contributed by atoms with Crippen LogP contribution in [0.25, 0.3) is 11.3 Å². The number of aromatic nitrogens is 1. The van der Waals surface area contributed by atoms with Gasteiger partial charge in [-0.2, -0.15) is 0 Å². The highest BCUT2D eigenvalue weighted by atomic mass is 16.2. The summed E-state index contributed by atoms with van der Waals surface area (Å²) >= 11 is 0. The van der Waals surface area contributed by atoms with Crippen LogP contribution in [0.2, 0.25) is 0 Å². The Balaban J connectivity index is 1.52. The zero-order valence-corrected chi connectivity index (χ0v) is 16.4. The predicted molar refractivity (Wildman–Crippen MR) is 110 cm³/mol. The molecular weight excluding hydrogens is 350 g/mol. The van der Waals surface area contributed by atoms with E-state index in [1.807, 2.05) is 36.4 Å². The van der Waals surface area contributed by atoms with Crippen LogP contribution in [0.1, 0.15) is 50.6 Å². The van der Waals surface area contributed by atoms with Gasteiger partial charge in [-0.05, 0) is 49.9 Å². The third kappa shape index (κ3) is 4.08. The Kier molecular flexibility index (Phi) is 5.42. The Hall–Kier alpha value is -2.69. The van der Waals surface area contributed by atoms with Crippen molar-refractivity contribution >= 4 is 17.5 Å². The molecule has 1 saturated heterocycles. The van der Waals surface area contributed by atoms with Gasteiger partial charge in [0.05, 0.1) is 5.69 Å². The minimum absolute atomic E-state index is 0.0858. The number of benzene rings is 1. The van der Waals surface area contributed by atoms with E-state index in [-0.39, 0.29) is 17.7 Å². The molecular formula is C23H27N3O2. The number of amides is 2. The maximum absolute atomic E-state index is 12.6. The summed E-state index contributed by atoms with van der Waals surface area (Å²) in [6.07, 6.45) is 5.40. The van der Waals surface area contributed by atoms with Crippen molar-refractivity contribution in [3.8, 4) is 11.3 Å². The van der Waals surface area contributed by atoms with Crippen molar-refractivity contribution in [2.45, 2.75) is 44.9 Å². The summed E-state index contributed by atoms with van der Waals surface area (Å²) in [7, 11) is 0. The molecule has 2 aromatic rings. The van der Waals surface area contributed by atoms with Gasteiger partial charge < -0.3 is 10.2 Å². The van der Waals surface area contributed by atoms with Gasteiger partial charge in [0, 0.05) is 48.8 Å². The van der Waals surface area contributed by atoms with Crippen LogP contribution >= 0.6 is 0 Å². The second-order valence-corrected chi connectivity index (χ2v) is 7.96. The molecule has 146 valence electrons. The molecule has 1 saturated carbocycles. The molecule has 1 atom stereocenters. The van der Waals surface area contributed by atoms with Crippen LogP contribution in [0.15, 0.2) is 42.5 Å². The maximum atomic E-state index is 12.6. The second kappa shape index (κ2) is 8.13. The fraction of sp³-hybridized carbons (Fsp3) is 0.435. The van der Waals surface area contributed by atoms with E-state index in [4.69, 9.17) is 4.98 Å². The number of nitrogens with one attached hydrogen (secondary N) is 1. The first-order valence-corrected chi connectivity index (χ1v) is 10.2. The summed E-state index contributed by atoms with van der Waals surface area (Å²) < 4.78 is 0. The highest BCUT2D eigenvalue weighted by molar-refractivity contribution is 5.89. The topological polar surface area (TPSA) is 62.3 Å². The van der Waals surface area contributed by atoms with E-state index in [0.717, 1.165) is 61.4 Å². The lowest BCUT2D eigenvalue weighted by atomic mass is 9.83. The quantitative estimate of drug-likeness (QED) is 0.868. The van der Waals surface area contributed by atoms with E-state index in [1.54, 1.807) is 0 Å². The Morgan fingerprint density at radius 3 is 2.64 bits per heavy atom. The van der Waals surface area contributed by atoms with Gasteiger partial charge in [0.25, 0.3) is 0 Å². The number of carbonyl (C=O) groups is 2. The van der Waals surface area contributed by atoms with Gasteiger partial charge in [-0.25, -0.2) is 0 Å². The summed E-state index contributed by atoms with van der Waals surface area (Å²) in [5.74, 6) is 0.804. The molecule has 1 aliphatic carbocycles. The minimum atomic E-state index is -0.0858. The average Bonchev–Trinajstić information content (AvgIpc) is 2.66. The molecule has 0 spiro atoms. The molecule has 1 aromatic carbocycles. The summed E-state index contributed by atoms with van der Waals surface area (Å²) in [5, 5.41) is 2.82. The summed E-state index contributed by atoms with van der Waals surface area (Å²) in [6.45, 7) is 3.16. The Labute approximate surface area is 166 Å². The van der Waals surface area contributed by atoms with E-state index in [2.05, 4.69) is 16.3 Å². The Bertz CT molecular complexity index is 876. The number of anilines is 1. The molecule has 5 heteroatoms. The molecule has 28 heavy (non-hydrogen) atoms. The molecule has 2 fully saturated rings. The number of rotatable bonds is 4. The number of hydrogen-bond donors (Lipinski definition) is 1. The van der Waals surface area contributed by atoms with Crippen LogP contribution in [0, 0.1) is 5.92 Å². The van der Waals surface area contributed by atoms with Crippen molar-refractivity contribution in [3.63, 3.8) is 0 Å². The summed E-state index contributed by atoms with van der Waals surface area (Å²) in [6, 6.07) is 13.9. The fourth-order valence-corrected chi connectivity index (χ4v) is 4.13. The van der Waals surface area contributed by atoms with Crippen molar-refractivity contribution in [2.75, 3.05) is 18.4 Å². The number of likely N-dealkylation sites (tertiary alicyclic amines) is 1. The zero-order chi connectivity index (χ0) is 19.5. The zero-order valence-electron chi connectivity index (χ0n) is 16.4. The lowest BCUT2D eigenvalue weighted by molar-refractivity contribution is -0.139. The van der Waals surface area contributed by atoms with Gasteiger partial charge in [0.15, 0.2) is 0 Å². The standard InChI is InChI=1S/C23H27N3O2/c1-16(27)24-20-10-3-8-18(14-20)21-11-4-12-22(25-21)19-9-5-13-26(15-19)23(28)17-6-2-7-17/h3-4,8,10-12,14,17,19H,2,5-7,9,13,15H2,1H3,(H,24,27)/t19-/m1/s1. The molecule has 2 heterocycles. The lowest BCUT2D eigenvalue weighted by Gasteiger charge is -2.37. The van der Waals surface area contributed by atoms with E-state index in [9.17, 15) is 9.59 Å². The number of nitrogens with zero attached hydrogens (tertiary/aromatic N) is 2. The van der Waals surface area contributed by atoms with Gasteiger partial charge in [0.1, 0.15) is 0 Å². The van der Waals surface area contributed by atoms with Crippen molar-refractivity contribution in [3.05, 3.63) is 48.2 Å². The highest BCUT2D eigenvalue weighted by Gasteiger charge is 2.32. The monoisotopic (exact) mass is 377 g/mol. The molecule has 2 aliphatic rings. The number of hydrogen-bond acceptors (Lipinski definition) is 3. The molecule has 1 aliphatic heterocycles. The van der Waals surface area contributed by atoms with E-state index >= 15 is 0 Å². The fourth-order valence-electron chi connectivity index (χ4n) is 4.13. The van der Waals surface area contributed by atoms with Crippen molar-refractivity contribution in [2.24, 2.45) is 5.92 Å². The SMILES string of the molecule is CC(=O)Nc1cccc(-c2cccc([C@@H]3CCCN(C(=O)C4CCC4)C3)n2)c1. The first-order chi connectivity index (χ1) is 13.6. The van der Waals surface area contributed by atoms with Gasteiger partial charge >= 0.3 is 0 Å². The first-order valence-electron chi connectivity index (χ1n) is 10.2. The highest BCUT2D eigenvalue weighted by Crippen LogP contribution is 2.33. The van der Waals surface area contributed by atoms with Crippen LogP contribution in [0.5, 0.6) is 0 Å². The Morgan fingerprint density at radius 2 is 1.89 bits per heavy atom. The summed E-state index contributed by atoms with van der Waals surface area (Å²) in [4.78, 5) is 30.9. The summed E-state index contributed by atoms with van der Waals surface area (Å²) in [5.41, 5.74) is 3.69. The Morgan fingerprint density at radius 1 is 1.07 bits per heavy atom. The average molecular weight is 377 g/mol. The van der Waals surface area contributed by atoms with Gasteiger partial charge in [-0.1, -0.05) is 24.6 Å². The van der Waals surface area contributed by atoms with Crippen molar-refractivity contribution in [1.29, 1.82) is 0 Å².